The Bertz CT molecular complexity index is 1730. The van der Waals surface area contributed by atoms with Gasteiger partial charge in [-0.2, -0.15) is 27.0 Å². The topological polar surface area (TPSA) is 159 Å². The number of nitrogens with two attached hydrogens (primary N) is 1. The molecular formula is C41H58N6O5S2. The molecule has 294 valence electrons. The van der Waals surface area contributed by atoms with Crippen LogP contribution in [0.15, 0.2) is 91.1 Å². The van der Waals surface area contributed by atoms with E-state index in [1.165, 1.54) is 12.5 Å². The standard InChI is InChI=1S/C40H50N6O5.CH4.2H2S/c1-28(47)43-37(27-51-26-29-12-4-2-5-13-29)39(49)44-35(18-10-11-21-41)38(48)45-36(24-32-25-42-34-17-9-8-16-33(32)34)40(50)46-22-19-31(20-23-46)30-14-6-3-7-15-30;;;/h2-9,12-17,25,31,35-37,42H,10-11,18-24,26-27,41H2,1H3,(H,43,47)(H,44,49)(H,45,48);1H4;2*1H2/t35-,36+,37-;;;/m0.../s1. The molecule has 54 heavy (non-hydrogen) atoms. The normalized spacial score (nSPS) is 14.3. The zero-order valence-corrected chi connectivity index (χ0v) is 32.3. The second-order valence-corrected chi connectivity index (χ2v) is 13.2. The van der Waals surface area contributed by atoms with E-state index >= 15 is 0 Å². The lowest BCUT2D eigenvalue weighted by Gasteiger charge is -2.35. The average molecular weight is 779 g/mol. The van der Waals surface area contributed by atoms with Crippen LogP contribution < -0.4 is 21.7 Å². The molecule has 1 aliphatic rings. The lowest BCUT2D eigenvalue weighted by molar-refractivity contribution is -0.138. The fourth-order valence-corrected chi connectivity index (χ4v) is 6.70. The Morgan fingerprint density at radius 2 is 1.43 bits per heavy atom. The molecule has 1 aliphatic heterocycles. The zero-order valence-electron chi connectivity index (χ0n) is 30.3. The molecule has 1 fully saturated rings. The van der Waals surface area contributed by atoms with Crippen LogP contribution in [0.2, 0.25) is 0 Å². The summed E-state index contributed by atoms with van der Waals surface area (Å²) in [5.74, 6) is -1.20. The van der Waals surface area contributed by atoms with Crippen molar-refractivity contribution in [2.24, 2.45) is 5.73 Å². The number of fused-ring (bicyclic) bond motifs is 1. The summed E-state index contributed by atoms with van der Waals surface area (Å²) < 4.78 is 5.79. The summed E-state index contributed by atoms with van der Waals surface area (Å²) >= 11 is 0. The second kappa shape index (κ2) is 23.5. The Morgan fingerprint density at radius 3 is 2.09 bits per heavy atom. The number of nitrogens with zero attached hydrogens (tertiary/aromatic N) is 1. The predicted octanol–water partition coefficient (Wildman–Crippen LogP) is 4.80. The van der Waals surface area contributed by atoms with E-state index in [9.17, 15) is 19.2 Å². The number of H-pyrrole nitrogens is 1. The van der Waals surface area contributed by atoms with Crippen molar-refractivity contribution in [3.05, 3.63) is 108 Å². The van der Waals surface area contributed by atoms with Gasteiger partial charge in [0.1, 0.15) is 18.1 Å². The third kappa shape index (κ3) is 13.2. The molecule has 0 spiro atoms. The third-order valence-electron chi connectivity index (χ3n) is 9.46. The maximum Gasteiger partial charge on any atom is 0.245 e. The first kappa shape index (κ1) is 45.9. The molecule has 4 amide bonds. The van der Waals surface area contributed by atoms with E-state index in [0.717, 1.165) is 34.9 Å². The molecule has 3 aromatic carbocycles. The molecule has 4 aromatic rings. The van der Waals surface area contributed by atoms with Crippen molar-refractivity contribution >= 4 is 61.5 Å². The molecule has 0 radical (unpaired) electrons. The Balaban J connectivity index is 0.00000336. The van der Waals surface area contributed by atoms with E-state index in [2.05, 4.69) is 33.1 Å². The van der Waals surface area contributed by atoms with Crippen LogP contribution in [0, 0.1) is 0 Å². The molecule has 13 heteroatoms. The van der Waals surface area contributed by atoms with Crippen molar-refractivity contribution in [1.29, 1.82) is 0 Å². The summed E-state index contributed by atoms with van der Waals surface area (Å²) in [6, 6.07) is 24.9. The van der Waals surface area contributed by atoms with Crippen LogP contribution in [0.25, 0.3) is 10.9 Å². The van der Waals surface area contributed by atoms with Crippen molar-refractivity contribution in [1.82, 2.24) is 25.8 Å². The lowest BCUT2D eigenvalue weighted by atomic mass is 9.89. The number of carbonyl (C=O) groups is 4. The highest BCUT2D eigenvalue weighted by Gasteiger charge is 2.33. The molecule has 5 rings (SSSR count). The van der Waals surface area contributed by atoms with Crippen molar-refractivity contribution in [3.63, 3.8) is 0 Å². The van der Waals surface area contributed by atoms with Crippen LogP contribution in [0.1, 0.15) is 69.1 Å². The molecule has 0 bridgehead atoms. The third-order valence-corrected chi connectivity index (χ3v) is 9.46. The molecule has 0 unspecified atom stereocenters. The van der Waals surface area contributed by atoms with E-state index < -0.39 is 35.8 Å². The minimum absolute atomic E-state index is 0. The Morgan fingerprint density at radius 1 is 0.815 bits per heavy atom. The number of hydrogen-bond donors (Lipinski definition) is 5. The number of amides is 4. The van der Waals surface area contributed by atoms with Gasteiger partial charge in [-0.1, -0.05) is 86.3 Å². The monoisotopic (exact) mass is 778 g/mol. The van der Waals surface area contributed by atoms with Gasteiger partial charge in [0, 0.05) is 43.5 Å². The summed E-state index contributed by atoms with van der Waals surface area (Å²) in [7, 11) is 0. The van der Waals surface area contributed by atoms with Gasteiger partial charge in [-0.15, -0.1) is 0 Å². The summed E-state index contributed by atoms with van der Waals surface area (Å²) in [4.78, 5) is 59.1. The Labute approximate surface area is 333 Å². The van der Waals surface area contributed by atoms with Gasteiger partial charge in [-0.05, 0) is 67.3 Å². The summed E-state index contributed by atoms with van der Waals surface area (Å²) in [5, 5.41) is 9.51. The minimum Gasteiger partial charge on any atom is -0.374 e. The highest BCUT2D eigenvalue weighted by Crippen LogP contribution is 2.28. The van der Waals surface area contributed by atoms with Crippen molar-refractivity contribution in [2.75, 3.05) is 26.2 Å². The first-order chi connectivity index (χ1) is 24.8. The number of aromatic amines is 1. The van der Waals surface area contributed by atoms with Crippen LogP contribution in [0.3, 0.4) is 0 Å². The fraction of sp³-hybridized carbons (Fsp3) is 0.415. The van der Waals surface area contributed by atoms with Gasteiger partial charge in [0.2, 0.25) is 23.6 Å². The molecule has 11 nitrogen and oxygen atoms in total. The molecule has 3 atom stereocenters. The molecule has 1 saturated heterocycles. The number of aromatic nitrogens is 1. The molecule has 0 saturated carbocycles. The van der Waals surface area contributed by atoms with Gasteiger partial charge in [0.05, 0.1) is 13.2 Å². The summed E-state index contributed by atoms with van der Waals surface area (Å²) in [6.45, 7) is 3.09. The number of unbranched alkanes of at least 4 members (excludes halogenated alkanes) is 1. The number of benzene rings is 3. The Kier molecular flexibility index (Phi) is 19.9. The van der Waals surface area contributed by atoms with Gasteiger partial charge in [0.15, 0.2) is 0 Å². The number of carbonyl (C=O) groups excluding carboxylic acids is 4. The second-order valence-electron chi connectivity index (χ2n) is 13.2. The first-order valence-electron chi connectivity index (χ1n) is 17.9. The maximum absolute atomic E-state index is 14.2. The SMILES string of the molecule is C.CC(=O)N[C@@H](COCc1ccccc1)C(=O)N[C@@H](CCCCN)C(=O)N[C@H](Cc1c[nH]c2ccccc12)C(=O)N1CCC(c2ccccc2)CC1.S.S. The van der Waals surface area contributed by atoms with Gasteiger partial charge < -0.3 is 36.3 Å². The van der Waals surface area contributed by atoms with E-state index in [1.807, 2.05) is 83.9 Å². The van der Waals surface area contributed by atoms with Crippen LogP contribution in [-0.4, -0.2) is 77.9 Å². The number of para-hydroxylation sites is 1. The lowest BCUT2D eigenvalue weighted by Crippen LogP contribution is -2.58. The van der Waals surface area contributed by atoms with Crippen molar-refractivity contribution in [2.45, 2.75) is 83.5 Å². The van der Waals surface area contributed by atoms with Crippen LogP contribution in [0.4, 0.5) is 0 Å². The summed E-state index contributed by atoms with van der Waals surface area (Å²) in [6.07, 6.45) is 5.37. The van der Waals surface area contributed by atoms with Crippen LogP contribution in [-0.2, 0) is 36.9 Å². The molecule has 1 aromatic heterocycles. The van der Waals surface area contributed by atoms with E-state index in [1.54, 1.807) is 0 Å². The predicted molar refractivity (Wildman–Crippen MR) is 225 cm³/mol. The fourth-order valence-electron chi connectivity index (χ4n) is 6.70. The molecule has 6 N–H and O–H groups in total. The number of rotatable bonds is 17. The smallest absolute Gasteiger partial charge is 0.245 e. The van der Waals surface area contributed by atoms with Crippen LogP contribution >= 0.6 is 27.0 Å². The van der Waals surface area contributed by atoms with Gasteiger partial charge in [-0.3, -0.25) is 19.2 Å². The number of hydrogen-bond acceptors (Lipinski definition) is 6. The molecule has 2 heterocycles. The van der Waals surface area contributed by atoms with Gasteiger partial charge in [-0.25, -0.2) is 0 Å². The minimum atomic E-state index is -1.02. The first-order valence-corrected chi connectivity index (χ1v) is 17.9. The van der Waals surface area contributed by atoms with Gasteiger partial charge >= 0.3 is 0 Å². The summed E-state index contributed by atoms with van der Waals surface area (Å²) in [5.41, 5.74) is 9.81. The van der Waals surface area contributed by atoms with Crippen molar-refractivity contribution < 1.29 is 23.9 Å². The largest absolute Gasteiger partial charge is 0.374 e. The van der Waals surface area contributed by atoms with Crippen molar-refractivity contribution in [3.8, 4) is 0 Å². The zero-order chi connectivity index (χ0) is 36.0. The van der Waals surface area contributed by atoms with E-state index in [4.69, 9.17) is 10.5 Å². The van der Waals surface area contributed by atoms with E-state index in [-0.39, 0.29) is 60.0 Å². The number of ether oxygens (including phenoxy) is 1. The number of piperidine rings is 1. The molecular weight excluding hydrogens is 721 g/mol. The highest BCUT2D eigenvalue weighted by molar-refractivity contribution is 7.59. The van der Waals surface area contributed by atoms with Crippen LogP contribution in [0.5, 0.6) is 0 Å². The number of nitrogens with one attached hydrogen (secondary N) is 4. The van der Waals surface area contributed by atoms with Gasteiger partial charge in [0.25, 0.3) is 0 Å². The quantitative estimate of drug-likeness (QED) is 0.0970. The Hall–Kier alpha value is -4.30. The highest BCUT2D eigenvalue weighted by atomic mass is 32.1. The average Bonchev–Trinajstić information content (AvgIpc) is 3.56. The van der Waals surface area contributed by atoms with E-state index in [0.29, 0.717) is 44.8 Å². The number of likely N-dealkylation sites (tertiary alicyclic amines) is 1. The maximum atomic E-state index is 14.2. The molecule has 0 aliphatic carbocycles.